The number of anilines is 2. The van der Waals surface area contributed by atoms with Crippen molar-refractivity contribution >= 4 is 52.1 Å². The van der Waals surface area contributed by atoms with E-state index < -0.39 is 39.6 Å². The fourth-order valence-electron chi connectivity index (χ4n) is 2.86. The highest BCUT2D eigenvalue weighted by molar-refractivity contribution is 6.53. The average Bonchev–Trinajstić information content (AvgIpc) is 3.13. The van der Waals surface area contributed by atoms with Crippen molar-refractivity contribution in [3.63, 3.8) is 0 Å². The van der Waals surface area contributed by atoms with Crippen molar-refractivity contribution in [2.45, 2.75) is 16.4 Å². The van der Waals surface area contributed by atoms with E-state index in [9.17, 15) is 22.4 Å². The molecule has 27 heavy (non-hydrogen) atoms. The molecule has 1 saturated carbocycles. The quantitative estimate of drug-likeness (QED) is 0.370. The molecule has 1 fully saturated rings. The van der Waals surface area contributed by atoms with Crippen molar-refractivity contribution < 1.29 is 22.4 Å². The topological polar surface area (TPSA) is 55.1 Å². The SMILES string of the molecule is Nc1cc(NC(=O)[C@H]2[C@H](c3ccc(F)c(C(F)(F)F)c3)C2(Cl)Cl)ccc1Cl. The highest BCUT2D eigenvalue weighted by atomic mass is 35.5. The number of hydrogen-bond acceptors (Lipinski definition) is 2. The van der Waals surface area contributed by atoms with Crippen LogP contribution in [0.3, 0.4) is 0 Å². The highest BCUT2D eigenvalue weighted by Gasteiger charge is 2.67. The van der Waals surface area contributed by atoms with Gasteiger partial charge in [0.2, 0.25) is 5.91 Å². The van der Waals surface area contributed by atoms with Crippen LogP contribution in [0.2, 0.25) is 5.02 Å². The summed E-state index contributed by atoms with van der Waals surface area (Å²) in [6, 6.07) is 6.81. The van der Waals surface area contributed by atoms with Gasteiger partial charge in [-0.1, -0.05) is 17.7 Å². The molecule has 1 aliphatic carbocycles. The van der Waals surface area contributed by atoms with Crippen molar-refractivity contribution in [2.75, 3.05) is 11.1 Å². The number of carbonyl (C=O) groups excluding carboxylic acids is 1. The number of benzene rings is 2. The molecule has 0 saturated heterocycles. The van der Waals surface area contributed by atoms with Crippen LogP contribution in [-0.2, 0) is 11.0 Å². The van der Waals surface area contributed by atoms with E-state index in [1.807, 2.05) is 0 Å². The molecule has 3 N–H and O–H groups in total. The number of halogens is 7. The first-order valence-corrected chi connectivity index (χ1v) is 8.66. The Bertz CT molecular complexity index is 918. The van der Waals surface area contributed by atoms with Crippen molar-refractivity contribution in [2.24, 2.45) is 5.92 Å². The van der Waals surface area contributed by atoms with Crippen molar-refractivity contribution in [1.29, 1.82) is 0 Å². The van der Waals surface area contributed by atoms with E-state index in [1.54, 1.807) is 0 Å². The van der Waals surface area contributed by atoms with Crippen molar-refractivity contribution in [3.8, 4) is 0 Å². The number of amides is 1. The van der Waals surface area contributed by atoms with Crippen LogP contribution in [0.25, 0.3) is 0 Å². The van der Waals surface area contributed by atoms with Crippen LogP contribution >= 0.6 is 34.8 Å². The highest BCUT2D eigenvalue weighted by Crippen LogP contribution is 2.65. The zero-order chi connectivity index (χ0) is 20.1. The summed E-state index contributed by atoms with van der Waals surface area (Å²) in [7, 11) is 0. The molecule has 0 unspecified atom stereocenters. The Hall–Kier alpha value is -1.70. The van der Waals surface area contributed by atoms with Crippen molar-refractivity contribution in [3.05, 3.63) is 58.4 Å². The molecule has 0 bridgehead atoms. The second-order valence-electron chi connectivity index (χ2n) is 6.09. The van der Waals surface area contributed by atoms with E-state index in [2.05, 4.69) is 5.32 Å². The van der Waals surface area contributed by atoms with E-state index in [4.69, 9.17) is 40.5 Å². The number of nitrogens with two attached hydrogens (primary N) is 1. The van der Waals surface area contributed by atoms with Gasteiger partial charge < -0.3 is 11.1 Å². The Morgan fingerprint density at radius 3 is 2.41 bits per heavy atom. The van der Waals surface area contributed by atoms with Gasteiger partial charge in [0, 0.05) is 11.6 Å². The molecule has 0 aromatic heterocycles. The summed E-state index contributed by atoms with van der Waals surface area (Å²) >= 11 is 18.0. The Morgan fingerprint density at radius 1 is 1.15 bits per heavy atom. The van der Waals surface area contributed by atoms with E-state index in [-0.39, 0.29) is 11.3 Å². The fourth-order valence-corrected chi connectivity index (χ4v) is 3.81. The molecule has 144 valence electrons. The molecule has 2 atom stereocenters. The van der Waals surface area contributed by atoms with E-state index in [0.717, 1.165) is 6.07 Å². The monoisotopic (exact) mass is 440 g/mol. The summed E-state index contributed by atoms with van der Waals surface area (Å²) < 4.78 is 50.6. The van der Waals surface area contributed by atoms with Gasteiger partial charge in [-0.15, -0.1) is 23.2 Å². The number of alkyl halides is 5. The third kappa shape index (κ3) is 3.81. The van der Waals surface area contributed by atoms with E-state index >= 15 is 0 Å². The summed E-state index contributed by atoms with van der Waals surface area (Å²) in [5.41, 5.74) is 4.79. The lowest BCUT2D eigenvalue weighted by Gasteiger charge is -2.10. The molecule has 2 aromatic carbocycles. The van der Waals surface area contributed by atoms with Gasteiger partial charge in [0.25, 0.3) is 0 Å². The third-order valence-corrected chi connectivity index (χ3v) is 5.54. The van der Waals surface area contributed by atoms with Crippen molar-refractivity contribution in [1.82, 2.24) is 0 Å². The molecule has 0 aliphatic heterocycles. The Balaban J connectivity index is 1.84. The molecule has 3 rings (SSSR count). The second-order valence-corrected chi connectivity index (χ2v) is 7.94. The van der Waals surface area contributed by atoms with E-state index in [1.165, 1.54) is 18.2 Å². The summed E-state index contributed by atoms with van der Waals surface area (Å²) in [5, 5.41) is 2.84. The third-order valence-electron chi connectivity index (χ3n) is 4.25. The van der Waals surface area contributed by atoms with Crippen LogP contribution in [0.1, 0.15) is 17.0 Å². The molecular formula is C17H11Cl3F4N2O. The first-order chi connectivity index (χ1) is 12.4. The Morgan fingerprint density at radius 2 is 1.81 bits per heavy atom. The van der Waals surface area contributed by atoms with Crippen LogP contribution < -0.4 is 11.1 Å². The van der Waals surface area contributed by atoms with Gasteiger partial charge in [-0.25, -0.2) is 4.39 Å². The van der Waals surface area contributed by atoms with Gasteiger partial charge >= 0.3 is 6.18 Å². The maximum atomic E-state index is 13.5. The first-order valence-electron chi connectivity index (χ1n) is 7.53. The average molecular weight is 442 g/mol. The van der Waals surface area contributed by atoms with Gasteiger partial charge in [-0.05, 0) is 35.9 Å². The van der Waals surface area contributed by atoms with Gasteiger partial charge in [-0.2, -0.15) is 13.2 Å². The van der Waals surface area contributed by atoms with Crippen LogP contribution in [0.15, 0.2) is 36.4 Å². The predicted octanol–water partition coefficient (Wildman–Crippen LogP) is 5.61. The molecule has 1 aliphatic rings. The van der Waals surface area contributed by atoms with Gasteiger partial charge in [0.05, 0.1) is 22.2 Å². The smallest absolute Gasteiger partial charge is 0.397 e. The maximum Gasteiger partial charge on any atom is 0.419 e. The lowest BCUT2D eigenvalue weighted by molar-refractivity contribution is -0.140. The van der Waals surface area contributed by atoms with Gasteiger partial charge in [-0.3, -0.25) is 4.79 Å². The molecule has 10 heteroatoms. The number of rotatable bonds is 3. The Labute approximate surface area is 166 Å². The van der Waals surface area contributed by atoms with Crippen LogP contribution in [0.4, 0.5) is 28.9 Å². The van der Waals surface area contributed by atoms with E-state index in [0.29, 0.717) is 22.8 Å². The molecule has 0 radical (unpaired) electrons. The minimum Gasteiger partial charge on any atom is -0.397 e. The number of hydrogen-bond donors (Lipinski definition) is 2. The number of nitrogens with one attached hydrogen (secondary N) is 1. The van der Waals surface area contributed by atoms with Gasteiger partial charge in [0.1, 0.15) is 10.2 Å². The Kier molecular flexibility index (Phi) is 4.99. The summed E-state index contributed by atoms with van der Waals surface area (Å²) in [6.07, 6.45) is -4.88. The normalized spacial score (nSPS) is 21.0. The van der Waals surface area contributed by atoms with Gasteiger partial charge in [0.15, 0.2) is 0 Å². The maximum absolute atomic E-state index is 13.5. The summed E-state index contributed by atoms with van der Waals surface area (Å²) in [4.78, 5) is 12.5. The van der Waals surface area contributed by atoms with Crippen LogP contribution in [-0.4, -0.2) is 10.2 Å². The lowest BCUT2D eigenvalue weighted by Crippen LogP contribution is -2.17. The molecule has 2 aromatic rings. The largest absolute Gasteiger partial charge is 0.419 e. The minimum atomic E-state index is -4.88. The molecule has 1 amide bonds. The summed E-state index contributed by atoms with van der Waals surface area (Å²) in [5.74, 6) is -3.97. The van der Waals surface area contributed by atoms with Crippen LogP contribution in [0, 0.1) is 11.7 Å². The minimum absolute atomic E-state index is 0.0181. The first kappa shape index (κ1) is 20.0. The second kappa shape index (κ2) is 6.72. The van der Waals surface area contributed by atoms with Crippen LogP contribution in [0.5, 0.6) is 0 Å². The number of nitrogen functional groups attached to an aromatic ring is 1. The standard InChI is InChI=1S/C17H11Cl3F4N2O/c18-10-3-2-8(6-12(10)25)26-15(27)14-13(16(14,19)20)7-1-4-11(21)9(5-7)17(22,23)24/h1-6,13-14H,25H2,(H,26,27)/t13-,14+/m0/s1. The molecule has 3 nitrogen and oxygen atoms in total. The number of carbonyl (C=O) groups is 1. The molecule has 0 heterocycles. The molecule has 0 spiro atoms. The fraction of sp³-hybridized carbons (Fsp3) is 0.235. The summed E-state index contributed by atoms with van der Waals surface area (Å²) in [6.45, 7) is 0. The zero-order valence-corrected chi connectivity index (χ0v) is 15.5. The lowest BCUT2D eigenvalue weighted by atomic mass is 10.0. The zero-order valence-electron chi connectivity index (χ0n) is 13.3. The predicted molar refractivity (Wildman–Crippen MR) is 96.6 cm³/mol. The molecular weight excluding hydrogens is 431 g/mol.